The van der Waals surface area contributed by atoms with E-state index in [0.717, 1.165) is 0 Å². The molecule has 3 fully saturated rings. The molecule has 2 saturated heterocycles. The summed E-state index contributed by atoms with van der Waals surface area (Å²) in [6.45, 7) is -0.763. The van der Waals surface area contributed by atoms with Crippen LogP contribution < -0.4 is 22.9 Å². The minimum atomic E-state index is -1.66. The number of ether oxygens (including phenoxy) is 4. The van der Waals surface area contributed by atoms with Crippen LogP contribution in [0.4, 0.5) is 0 Å². The van der Waals surface area contributed by atoms with Gasteiger partial charge in [-0.3, -0.25) is 0 Å². The Hall–Kier alpha value is -0.600. The number of aliphatic hydroxyl groups excluding tert-OH is 7. The summed E-state index contributed by atoms with van der Waals surface area (Å²) in [6, 6.07) is -2.86. The molecular weight excluding hydrogens is 448 g/mol. The van der Waals surface area contributed by atoms with E-state index in [2.05, 4.69) is 0 Å². The zero-order valence-corrected chi connectivity index (χ0v) is 17.9. The Morgan fingerprint density at radius 3 is 1.70 bits per heavy atom. The van der Waals surface area contributed by atoms with Gasteiger partial charge in [0.25, 0.3) is 0 Å². The fourth-order valence-electron chi connectivity index (χ4n) is 4.40. The lowest BCUT2D eigenvalue weighted by molar-refractivity contribution is -0.332. The summed E-state index contributed by atoms with van der Waals surface area (Å²) in [6.07, 6.45) is -16.5. The van der Waals surface area contributed by atoms with Gasteiger partial charge in [0.2, 0.25) is 0 Å². The molecule has 1 saturated carbocycles. The highest BCUT2D eigenvalue weighted by atomic mass is 16.7. The summed E-state index contributed by atoms with van der Waals surface area (Å²) >= 11 is 0. The van der Waals surface area contributed by atoms with Gasteiger partial charge in [-0.25, -0.2) is 0 Å². The lowest BCUT2D eigenvalue weighted by atomic mass is 9.84. The van der Waals surface area contributed by atoms with E-state index in [1.54, 1.807) is 0 Å². The first-order chi connectivity index (χ1) is 15.5. The zero-order chi connectivity index (χ0) is 24.6. The maximum atomic E-state index is 10.9. The van der Waals surface area contributed by atoms with E-state index in [0.29, 0.717) is 0 Å². The van der Waals surface area contributed by atoms with Gasteiger partial charge in [0.15, 0.2) is 12.6 Å². The third-order valence-corrected chi connectivity index (χ3v) is 6.48. The second-order valence-corrected chi connectivity index (χ2v) is 8.79. The van der Waals surface area contributed by atoms with Crippen LogP contribution in [0.25, 0.3) is 0 Å². The fraction of sp³-hybridized carbons (Fsp3) is 1.00. The highest BCUT2D eigenvalue weighted by Gasteiger charge is 2.51. The van der Waals surface area contributed by atoms with Gasteiger partial charge in [-0.05, 0) is 6.42 Å². The monoisotopic (exact) mass is 484 g/mol. The zero-order valence-electron chi connectivity index (χ0n) is 17.9. The number of hydrogen-bond donors (Lipinski definition) is 11. The molecule has 194 valence electrons. The molecule has 0 aromatic heterocycles. The van der Waals surface area contributed by atoms with Crippen LogP contribution in [0.2, 0.25) is 0 Å². The number of hydrogen-bond acceptors (Lipinski definition) is 15. The minimum Gasteiger partial charge on any atom is -0.394 e. The van der Waals surface area contributed by atoms with Crippen molar-refractivity contribution in [1.29, 1.82) is 0 Å². The van der Waals surface area contributed by atoms with Gasteiger partial charge in [-0.2, -0.15) is 0 Å². The van der Waals surface area contributed by atoms with E-state index in [9.17, 15) is 35.7 Å². The molecule has 15 heteroatoms. The molecule has 0 bridgehead atoms. The molecule has 0 aromatic carbocycles. The fourth-order valence-corrected chi connectivity index (χ4v) is 4.40. The smallest absolute Gasteiger partial charge is 0.187 e. The van der Waals surface area contributed by atoms with Gasteiger partial charge in [-0.15, -0.1) is 0 Å². The predicted molar refractivity (Wildman–Crippen MR) is 108 cm³/mol. The van der Waals surface area contributed by atoms with Crippen LogP contribution in [0.3, 0.4) is 0 Å². The highest BCUT2D eigenvalue weighted by molar-refractivity contribution is 5.01. The van der Waals surface area contributed by atoms with Crippen LogP contribution in [0, 0.1) is 0 Å². The van der Waals surface area contributed by atoms with Gasteiger partial charge in [0.1, 0.15) is 61.0 Å². The van der Waals surface area contributed by atoms with Crippen molar-refractivity contribution in [3.63, 3.8) is 0 Å². The molecular formula is C18H36N4O11. The Balaban J connectivity index is 1.72. The van der Waals surface area contributed by atoms with Crippen molar-refractivity contribution in [1.82, 2.24) is 0 Å². The van der Waals surface area contributed by atoms with Crippen molar-refractivity contribution >= 4 is 0 Å². The van der Waals surface area contributed by atoms with Crippen molar-refractivity contribution in [2.45, 2.75) is 98.2 Å². The SMILES string of the molecule is NCC1OC(OC2[C@H](O)C(O[C@H]3OC(CO)[C@@H](O)[C@H](N)C3O)C(N)C[C@H]2N)C(O)[C@@H](O)[C@@H]1O. The number of rotatable bonds is 6. The molecule has 3 rings (SSSR count). The van der Waals surface area contributed by atoms with E-state index >= 15 is 0 Å². The van der Waals surface area contributed by atoms with Crippen LogP contribution in [-0.2, 0) is 18.9 Å². The summed E-state index contributed by atoms with van der Waals surface area (Å²) in [4.78, 5) is 0. The largest absolute Gasteiger partial charge is 0.394 e. The molecule has 0 spiro atoms. The molecule has 15 nitrogen and oxygen atoms in total. The normalized spacial score (nSPS) is 53.7. The van der Waals surface area contributed by atoms with E-state index in [4.69, 9.17) is 41.9 Å². The lowest BCUT2D eigenvalue weighted by Gasteiger charge is -2.48. The summed E-state index contributed by atoms with van der Waals surface area (Å²) in [7, 11) is 0. The van der Waals surface area contributed by atoms with Gasteiger partial charge in [0, 0.05) is 18.6 Å². The summed E-state index contributed by atoms with van der Waals surface area (Å²) in [5, 5.41) is 70.9. The molecule has 2 heterocycles. The van der Waals surface area contributed by atoms with Crippen LogP contribution >= 0.6 is 0 Å². The Kier molecular flexibility index (Phi) is 8.99. The summed E-state index contributed by atoms with van der Waals surface area (Å²) in [5.41, 5.74) is 23.5. The second kappa shape index (κ2) is 11.0. The van der Waals surface area contributed by atoms with Crippen molar-refractivity contribution in [3.05, 3.63) is 0 Å². The Morgan fingerprint density at radius 2 is 1.18 bits per heavy atom. The van der Waals surface area contributed by atoms with Gasteiger partial charge >= 0.3 is 0 Å². The molecule has 0 aromatic rings. The molecule has 1 aliphatic carbocycles. The summed E-state index contributed by atoms with van der Waals surface area (Å²) in [5.74, 6) is 0. The van der Waals surface area contributed by atoms with E-state index in [-0.39, 0.29) is 13.0 Å². The molecule has 3 aliphatic rings. The second-order valence-electron chi connectivity index (χ2n) is 8.79. The van der Waals surface area contributed by atoms with Crippen LogP contribution in [0.1, 0.15) is 6.42 Å². The number of nitrogens with two attached hydrogens (primary N) is 4. The average Bonchev–Trinajstić information content (AvgIpc) is 2.79. The van der Waals surface area contributed by atoms with Crippen molar-refractivity contribution < 1.29 is 54.7 Å². The van der Waals surface area contributed by atoms with Crippen LogP contribution in [-0.4, -0.2) is 141 Å². The third kappa shape index (κ3) is 5.32. The first kappa shape index (κ1) is 27.0. The van der Waals surface area contributed by atoms with E-state index in [1.807, 2.05) is 0 Å². The van der Waals surface area contributed by atoms with Gasteiger partial charge in [-0.1, -0.05) is 0 Å². The maximum Gasteiger partial charge on any atom is 0.187 e. The van der Waals surface area contributed by atoms with E-state index < -0.39 is 98.4 Å². The van der Waals surface area contributed by atoms with Gasteiger partial charge in [0.05, 0.1) is 12.6 Å². The third-order valence-electron chi connectivity index (χ3n) is 6.48. The standard InChI is InChI=1S/C18H36N4O11/c19-2-6-10(25)12(27)13(28)18(30-6)33-16-5(21)1-4(20)15(14(16)29)32-17-11(26)8(22)9(24)7(3-23)31-17/h4-18,23-29H,1-3,19-22H2/t4?,5-,6?,7?,8+,9-,10-,11?,12+,13?,14-,15?,16?,17-,18?/m1/s1. The van der Waals surface area contributed by atoms with Crippen molar-refractivity contribution in [2.24, 2.45) is 22.9 Å². The van der Waals surface area contributed by atoms with Crippen LogP contribution in [0.5, 0.6) is 0 Å². The van der Waals surface area contributed by atoms with E-state index in [1.165, 1.54) is 0 Å². The molecule has 0 radical (unpaired) electrons. The maximum absolute atomic E-state index is 10.9. The number of aliphatic hydroxyl groups is 7. The quantitative estimate of drug-likeness (QED) is 0.167. The Bertz CT molecular complexity index is 584. The Labute approximate surface area is 189 Å². The van der Waals surface area contributed by atoms with Crippen molar-refractivity contribution in [3.8, 4) is 0 Å². The molecule has 15 atom stereocenters. The van der Waals surface area contributed by atoms with Gasteiger partial charge < -0.3 is 77.6 Å². The Morgan fingerprint density at radius 1 is 0.667 bits per heavy atom. The minimum absolute atomic E-state index is 0.0849. The predicted octanol–water partition coefficient (Wildman–Crippen LogP) is -7.29. The molecule has 8 unspecified atom stereocenters. The summed E-state index contributed by atoms with van der Waals surface area (Å²) < 4.78 is 22.2. The van der Waals surface area contributed by atoms with Crippen molar-refractivity contribution in [2.75, 3.05) is 13.2 Å². The molecule has 33 heavy (non-hydrogen) atoms. The molecule has 2 aliphatic heterocycles. The highest BCUT2D eigenvalue weighted by Crippen LogP contribution is 2.31. The average molecular weight is 485 g/mol. The first-order valence-electron chi connectivity index (χ1n) is 10.8. The lowest BCUT2D eigenvalue weighted by Crippen LogP contribution is -2.68. The van der Waals surface area contributed by atoms with Crippen LogP contribution in [0.15, 0.2) is 0 Å². The molecule has 0 amide bonds. The topological polar surface area (TPSA) is 283 Å². The first-order valence-corrected chi connectivity index (χ1v) is 10.8. The molecule has 15 N–H and O–H groups in total.